The molecule has 0 aromatic carbocycles. The van der Waals surface area contributed by atoms with Gasteiger partial charge in [-0.05, 0) is 43.2 Å². The van der Waals surface area contributed by atoms with Crippen LogP contribution in [-0.2, 0) is 11.2 Å². The smallest absolute Gasteiger partial charge is 0.230 e. The van der Waals surface area contributed by atoms with Gasteiger partial charge in [-0.1, -0.05) is 6.07 Å². The predicted molar refractivity (Wildman–Crippen MR) is 105 cm³/mol. The number of aromatic nitrogens is 3. The van der Waals surface area contributed by atoms with E-state index in [2.05, 4.69) is 20.3 Å². The Morgan fingerprint density at radius 1 is 1.14 bits per heavy atom. The van der Waals surface area contributed by atoms with Crippen molar-refractivity contribution in [3.05, 3.63) is 65.1 Å². The number of nitrogens with zero attached hydrogens (tertiary/aromatic N) is 4. The molecular weight excluding hydrogens is 354 g/mol. The van der Waals surface area contributed by atoms with Crippen molar-refractivity contribution in [1.29, 1.82) is 5.26 Å². The maximum atomic E-state index is 12.3. The molecule has 0 aliphatic heterocycles. The second-order valence-electron chi connectivity index (χ2n) is 6.34. The van der Waals surface area contributed by atoms with Crippen LogP contribution in [-0.4, -0.2) is 28.0 Å². The number of carbonyl (C=O) groups is 1. The first-order valence-corrected chi connectivity index (χ1v) is 8.63. The number of carbonyl (C=O) groups excluding carboxylic acids is 1. The molecule has 1 N–H and O–H groups in total. The van der Waals surface area contributed by atoms with Crippen LogP contribution in [0.1, 0.15) is 22.4 Å². The molecule has 0 saturated carbocycles. The zero-order valence-corrected chi connectivity index (χ0v) is 15.9. The quantitative estimate of drug-likeness (QED) is 0.737. The molecule has 28 heavy (non-hydrogen) atoms. The fourth-order valence-electron chi connectivity index (χ4n) is 2.70. The molecule has 3 rings (SSSR count). The van der Waals surface area contributed by atoms with E-state index in [1.807, 2.05) is 32.0 Å². The normalized spacial score (nSPS) is 10.2. The number of hydrogen-bond donors (Lipinski definition) is 1. The second kappa shape index (κ2) is 8.27. The third-order valence-electron chi connectivity index (χ3n) is 4.08. The van der Waals surface area contributed by atoms with Crippen LogP contribution in [0.4, 0.5) is 5.82 Å². The summed E-state index contributed by atoms with van der Waals surface area (Å²) >= 11 is 0. The summed E-state index contributed by atoms with van der Waals surface area (Å²) in [4.78, 5) is 25.1. The number of methoxy groups -OCH3 is 1. The molecule has 7 nitrogen and oxygen atoms in total. The summed E-state index contributed by atoms with van der Waals surface area (Å²) in [7, 11) is 1.57. The monoisotopic (exact) mass is 373 g/mol. The highest BCUT2D eigenvalue weighted by Crippen LogP contribution is 2.20. The Morgan fingerprint density at radius 2 is 1.96 bits per heavy atom. The lowest BCUT2D eigenvalue weighted by molar-refractivity contribution is -0.115. The lowest BCUT2D eigenvalue weighted by atomic mass is 10.1. The van der Waals surface area contributed by atoms with Gasteiger partial charge in [0.2, 0.25) is 5.91 Å². The summed E-state index contributed by atoms with van der Waals surface area (Å²) in [6.07, 6.45) is 3.44. The summed E-state index contributed by atoms with van der Waals surface area (Å²) in [6.45, 7) is 3.78. The molecule has 0 atom stereocenters. The first-order chi connectivity index (χ1) is 13.5. The van der Waals surface area contributed by atoms with Gasteiger partial charge < -0.3 is 10.1 Å². The second-order valence-corrected chi connectivity index (χ2v) is 6.34. The van der Waals surface area contributed by atoms with E-state index in [9.17, 15) is 4.79 Å². The number of rotatable bonds is 5. The molecule has 3 heterocycles. The minimum Gasteiger partial charge on any atom is -0.496 e. The third kappa shape index (κ3) is 4.48. The number of anilines is 1. The van der Waals surface area contributed by atoms with Crippen LogP contribution in [0.25, 0.3) is 11.4 Å². The molecular formula is C21H19N5O2. The SMILES string of the molecule is COc1cc(NC(=O)Cc2ccc(-c3cc(C)cc(C#N)n3)nc2)ncc1C. The standard InChI is InChI=1S/C21H19N5O2/c1-13-6-16(10-22)25-18(7-13)17-5-4-15(12-23-17)8-21(27)26-20-9-19(28-3)14(2)11-24-20/h4-7,9,11-12H,8H2,1-3H3,(H,24,26,27). The highest BCUT2D eigenvalue weighted by molar-refractivity contribution is 5.91. The number of nitriles is 1. The number of amides is 1. The van der Waals surface area contributed by atoms with Crippen molar-refractivity contribution in [3.63, 3.8) is 0 Å². The summed E-state index contributed by atoms with van der Waals surface area (Å²) in [6, 6.07) is 10.9. The molecule has 0 aliphatic carbocycles. The van der Waals surface area contributed by atoms with Crippen LogP contribution < -0.4 is 10.1 Å². The average Bonchev–Trinajstić information content (AvgIpc) is 2.69. The first-order valence-electron chi connectivity index (χ1n) is 8.63. The van der Waals surface area contributed by atoms with Gasteiger partial charge in [0.25, 0.3) is 0 Å². The zero-order valence-electron chi connectivity index (χ0n) is 15.9. The van der Waals surface area contributed by atoms with Crippen LogP contribution >= 0.6 is 0 Å². The molecule has 140 valence electrons. The summed E-state index contributed by atoms with van der Waals surface area (Å²) in [5, 5.41) is 11.8. The number of pyridine rings is 3. The van der Waals surface area contributed by atoms with Gasteiger partial charge in [0.15, 0.2) is 0 Å². The number of nitrogens with one attached hydrogen (secondary N) is 1. The Kier molecular flexibility index (Phi) is 5.61. The number of aryl methyl sites for hydroxylation is 2. The van der Waals surface area contributed by atoms with E-state index >= 15 is 0 Å². The predicted octanol–water partition coefficient (Wildman–Crippen LogP) is 3.22. The van der Waals surface area contributed by atoms with Gasteiger partial charge in [0, 0.05) is 24.0 Å². The van der Waals surface area contributed by atoms with Gasteiger partial charge in [-0.3, -0.25) is 9.78 Å². The Balaban J connectivity index is 1.70. The Labute approximate surface area is 163 Å². The maximum Gasteiger partial charge on any atom is 0.230 e. The maximum absolute atomic E-state index is 12.3. The molecule has 1 amide bonds. The number of ether oxygens (including phenoxy) is 1. The third-order valence-corrected chi connectivity index (χ3v) is 4.08. The van der Waals surface area contributed by atoms with Crippen molar-refractivity contribution in [1.82, 2.24) is 15.0 Å². The molecule has 0 saturated heterocycles. The molecule has 0 spiro atoms. The largest absolute Gasteiger partial charge is 0.496 e. The highest BCUT2D eigenvalue weighted by atomic mass is 16.5. The van der Waals surface area contributed by atoms with E-state index in [-0.39, 0.29) is 12.3 Å². The van der Waals surface area contributed by atoms with E-state index in [4.69, 9.17) is 10.00 Å². The molecule has 3 aromatic rings. The van der Waals surface area contributed by atoms with E-state index in [1.54, 1.807) is 37.7 Å². The van der Waals surface area contributed by atoms with Crippen LogP contribution in [0.2, 0.25) is 0 Å². The van der Waals surface area contributed by atoms with Crippen molar-refractivity contribution in [2.24, 2.45) is 0 Å². The average molecular weight is 373 g/mol. The van der Waals surface area contributed by atoms with E-state index in [0.717, 1.165) is 16.7 Å². The van der Waals surface area contributed by atoms with Crippen LogP contribution in [0.3, 0.4) is 0 Å². The van der Waals surface area contributed by atoms with Gasteiger partial charge in [-0.25, -0.2) is 9.97 Å². The highest BCUT2D eigenvalue weighted by Gasteiger charge is 2.09. The fraction of sp³-hybridized carbons (Fsp3) is 0.190. The van der Waals surface area contributed by atoms with Gasteiger partial charge in [-0.2, -0.15) is 5.26 Å². The van der Waals surface area contributed by atoms with Crippen molar-refractivity contribution < 1.29 is 9.53 Å². The van der Waals surface area contributed by atoms with Crippen LogP contribution in [0, 0.1) is 25.2 Å². The molecule has 0 fully saturated rings. The zero-order chi connectivity index (χ0) is 20.1. The summed E-state index contributed by atoms with van der Waals surface area (Å²) in [5.74, 6) is 0.900. The van der Waals surface area contributed by atoms with Gasteiger partial charge in [0.05, 0.1) is 24.9 Å². The minimum absolute atomic E-state index is 0.163. The lowest BCUT2D eigenvalue weighted by Crippen LogP contribution is -2.15. The molecule has 3 aromatic heterocycles. The Morgan fingerprint density at radius 3 is 2.64 bits per heavy atom. The number of hydrogen-bond acceptors (Lipinski definition) is 6. The van der Waals surface area contributed by atoms with Gasteiger partial charge in [0.1, 0.15) is 23.3 Å². The van der Waals surface area contributed by atoms with Gasteiger partial charge in [-0.15, -0.1) is 0 Å². The first kappa shape index (κ1) is 19.0. The van der Waals surface area contributed by atoms with Gasteiger partial charge >= 0.3 is 0 Å². The van der Waals surface area contributed by atoms with Crippen LogP contribution in [0.5, 0.6) is 5.75 Å². The molecule has 0 aliphatic rings. The van der Waals surface area contributed by atoms with Crippen molar-refractivity contribution >= 4 is 11.7 Å². The summed E-state index contributed by atoms with van der Waals surface area (Å²) in [5.41, 5.74) is 4.21. The minimum atomic E-state index is -0.201. The summed E-state index contributed by atoms with van der Waals surface area (Å²) < 4.78 is 5.24. The lowest BCUT2D eigenvalue weighted by Gasteiger charge is -2.08. The molecule has 0 unspecified atom stereocenters. The van der Waals surface area contributed by atoms with Crippen molar-refractivity contribution in [3.8, 4) is 23.2 Å². The van der Waals surface area contributed by atoms with E-state index in [1.165, 1.54) is 0 Å². The Hall–Kier alpha value is -3.79. The van der Waals surface area contributed by atoms with Crippen molar-refractivity contribution in [2.45, 2.75) is 20.3 Å². The van der Waals surface area contributed by atoms with E-state index < -0.39 is 0 Å². The Bertz CT molecular complexity index is 1060. The molecule has 7 heteroatoms. The molecule has 0 bridgehead atoms. The van der Waals surface area contributed by atoms with Crippen molar-refractivity contribution in [2.75, 3.05) is 12.4 Å². The topological polar surface area (TPSA) is 101 Å². The van der Waals surface area contributed by atoms with Crippen LogP contribution in [0.15, 0.2) is 42.7 Å². The fourth-order valence-corrected chi connectivity index (χ4v) is 2.70. The molecule has 0 radical (unpaired) electrons. The van der Waals surface area contributed by atoms with E-state index in [0.29, 0.717) is 28.6 Å².